The summed E-state index contributed by atoms with van der Waals surface area (Å²) in [6.45, 7) is 0. The fourth-order valence-corrected chi connectivity index (χ4v) is 4.12. The third-order valence-corrected chi connectivity index (χ3v) is 5.39. The van der Waals surface area contributed by atoms with Crippen LogP contribution in [0.3, 0.4) is 0 Å². The second-order valence-corrected chi connectivity index (χ2v) is 6.75. The van der Waals surface area contributed by atoms with Crippen LogP contribution in [0.4, 0.5) is 0 Å². The zero-order valence-corrected chi connectivity index (χ0v) is 16.5. The van der Waals surface area contributed by atoms with Crippen LogP contribution in [-0.2, 0) is 34.1 Å². The molecule has 3 rings (SSSR count). The molecule has 0 saturated carbocycles. The van der Waals surface area contributed by atoms with Crippen molar-refractivity contribution in [2.45, 2.75) is 11.6 Å². The van der Waals surface area contributed by atoms with Crippen LogP contribution >= 0.6 is 0 Å². The third kappa shape index (κ3) is 3.38. The molecular formula is C22H23NO6. The summed E-state index contributed by atoms with van der Waals surface area (Å²) >= 11 is 0. The zero-order chi connectivity index (χ0) is 21.0. The number of hydrogen-bond donors (Lipinski definition) is 1. The molecule has 29 heavy (non-hydrogen) atoms. The highest BCUT2D eigenvalue weighted by Gasteiger charge is 2.65. The zero-order valence-electron chi connectivity index (χ0n) is 16.5. The van der Waals surface area contributed by atoms with Gasteiger partial charge in [-0.25, -0.2) is 4.79 Å². The Kier molecular flexibility index (Phi) is 5.98. The second kappa shape index (κ2) is 8.45. The van der Waals surface area contributed by atoms with Gasteiger partial charge in [0.05, 0.1) is 27.2 Å². The molecule has 1 saturated heterocycles. The molecule has 152 valence electrons. The lowest BCUT2D eigenvalue weighted by Crippen LogP contribution is -2.53. The molecular weight excluding hydrogens is 374 g/mol. The Labute approximate surface area is 169 Å². The number of ether oxygens (including phenoxy) is 3. The van der Waals surface area contributed by atoms with Crippen LogP contribution in [-0.4, -0.2) is 39.2 Å². The predicted molar refractivity (Wildman–Crippen MR) is 103 cm³/mol. The Morgan fingerprint density at radius 1 is 0.793 bits per heavy atom. The van der Waals surface area contributed by atoms with Gasteiger partial charge >= 0.3 is 17.9 Å². The first-order chi connectivity index (χ1) is 14.0. The summed E-state index contributed by atoms with van der Waals surface area (Å²) in [5.74, 6) is -4.22. The average molecular weight is 397 g/mol. The van der Waals surface area contributed by atoms with E-state index in [9.17, 15) is 14.4 Å². The fourth-order valence-electron chi connectivity index (χ4n) is 4.12. The van der Waals surface area contributed by atoms with Gasteiger partial charge in [-0.05, 0) is 11.1 Å². The largest absolute Gasteiger partial charge is 0.469 e. The summed E-state index contributed by atoms with van der Waals surface area (Å²) in [6, 6.07) is 17.2. The van der Waals surface area contributed by atoms with Crippen molar-refractivity contribution in [1.29, 1.82) is 0 Å². The smallest absolute Gasteiger partial charge is 0.331 e. The minimum absolute atomic E-state index is 0.495. The summed E-state index contributed by atoms with van der Waals surface area (Å²) in [7, 11) is 3.71. The maximum absolute atomic E-state index is 13.2. The van der Waals surface area contributed by atoms with Crippen LogP contribution in [0.25, 0.3) is 0 Å². The number of benzene rings is 2. The van der Waals surface area contributed by atoms with E-state index in [4.69, 9.17) is 14.2 Å². The van der Waals surface area contributed by atoms with Crippen molar-refractivity contribution in [1.82, 2.24) is 5.32 Å². The molecule has 0 aromatic heterocycles. The van der Waals surface area contributed by atoms with E-state index in [1.165, 1.54) is 21.3 Å². The lowest BCUT2D eigenvalue weighted by Gasteiger charge is -2.32. The molecule has 0 spiro atoms. The number of rotatable bonds is 5. The van der Waals surface area contributed by atoms with Crippen molar-refractivity contribution in [3.63, 3.8) is 0 Å². The minimum Gasteiger partial charge on any atom is -0.469 e. The lowest BCUT2D eigenvalue weighted by atomic mass is 9.74. The van der Waals surface area contributed by atoms with Gasteiger partial charge in [0.15, 0.2) is 5.54 Å². The Balaban J connectivity index is 2.29. The van der Waals surface area contributed by atoms with Crippen molar-refractivity contribution >= 4 is 17.9 Å². The maximum Gasteiger partial charge on any atom is 0.331 e. The molecule has 1 heterocycles. The number of carbonyl (C=O) groups is 3. The van der Waals surface area contributed by atoms with E-state index < -0.39 is 41.3 Å². The first-order valence-corrected chi connectivity index (χ1v) is 9.13. The molecule has 2 aromatic rings. The highest BCUT2D eigenvalue weighted by atomic mass is 16.5. The Morgan fingerprint density at radius 2 is 1.34 bits per heavy atom. The van der Waals surface area contributed by atoms with E-state index in [0.717, 1.165) is 5.56 Å². The van der Waals surface area contributed by atoms with Gasteiger partial charge in [0, 0.05) is 6.04 Å². The summed E-state index contributed by atoms with van der Waals surface area (Å²) in [6.07, 6.45) is 0. The van der Waals surface area contributed by atoms with Crippen molar-refractivity contribution < 1.29 is 28.6 Å². The lowest BCUT2D eigenvalue weighted by molar-refractivity contribution is -0.164. The van der Waals surface area contributed by atoms with Crippen molar-refractivity contribution in [3.05, 3.63) is 71.8 Å². The van der Waals surface area contributed by atoms with Gasteiger partial charge < -0.3 is 14.2 Å². The van der Waals surface area contributed by atoms with E-state index in [0.29, 0.717) is 5.56 Å². The third-order valence-electron chi connectivity index (χ3n) is 5.39. The molecule has 1 N–H and O–H groups in total. The number of carbonyl (C=O) groups excluding carboxylic acids is 3. The van der Waals surface area contributed by atoms with Gasteiger partial charge in [0.1, 0.15) is 5.92 Å². The highest BCUT2D eigenvalue weighted by Crippen LogP contribution is 2.49. The Hall–Kier alpha value is -3.19. The molecule has 0 bridgehead atoms. The number of methoxy groups -OCH3 is 3. The monoisotopic (exact) mass is 397 g/mol. The molecule has 0 radical (unpaired) electrons. The predicted octanol–water partition coefficient (Wildman–Crippen LogP) is 1.98. The van der Waals surface area contributed by atoms with Crippen LogP contribution < -0.4 is 5.32 Å². The van der Waals surface area contributed by atoms with E-state index >= 15 is 0 Å². The van der Waals surface area contributed by atoms with E-state index in [-0.39, 0.29) is 0 Å². The number of hydrogen-bond acceptors (Lipinski definition) is 7. The van der Waals surface area contributed by atoms with Crippen LogP contribution in [0.15, 0.2) is 60.7 Å². The number of nitrogens with one attached hydrogen (secondary N) is 1. The van der Waals surface area contributed by atoms with E-state index in [1.807, 2.05) is 30.3 Å². The Bertz CT molecular complexity index is 885. The topological polar surface area (TPSA) is 90.9 Å². The molecule has 0 aliphatic carbocycles. The molecule has 0 unspecified atom stereocenters. The van der Waals surface area contributed by atoms with Crippen LogP contribution in [0.2, 0.25) is 0 Å². The molecule has 1 aliphatic heterocycles. The van der Waals surface area contributed by atoms with Gasteiger partial charge in [-0.15, -0.1) is 0 Å². The quantitative estimate of drug-likeness (QED) is 0.609. The SMILES string of the molecule is COC(=O)[C@H]1[C@@H](c2ccccc2)N[C@](C(=O)OC)(c2ccccc2)[C@H]1C(=O)OC. The summed E-state index contributed by atoms with van der Waals surface area (Å²) in [5, 5.41) is 3.24. The summed E-state index contributed by atoms with van der Waals surface area (Å²) < 4.78 is 15.1. The highest BCUT2D eigenvalue weighted by molar-refractivity contribution is 5.95. The number of esters is 3. The summed E-state index contributed by atoms with van der Waals surface area (Å²) in [5.41, 5.74) is -0.393. The molecule has 2 aromatic carbocycles. The van der Waals surface area contributed by atoms with Gasteiger partial charge in [-0.1, -0.05) is 60.7 Å². The fraction of sp³-hybridized carbons (Fsp3) is 0.318. The molecule has 1 fully saturated rings. The molecule has 0 amide bonds. The van der Waals surface area contributed by atoms with Gasteiger partial charge in [0.25, 0.3) is 0 Å². The van der Waals surface area contributed by atoms with Crippen molar-refractivity contribution in [2.75, 3.05) is 21.3 Å². The van der Waals surface area contributed by atoms with Crippen LogP contribution in [0, 0.1) is 11.8 Å². The molecule has 7 nitrogen and oxygen atoms in total. The van der Waals surface area contributed by atoms with E-state index in [1.54, 1.807) is 30.3 Å². The first-order valence-electron chi connectivity index (χ1n) is 9.13. The minimum atomic E-state index is -1.62. The van der Waals surface area contributed by atoms with Crippen molar-refractivity contribution in [2.24, 2.45) is 11.8 Å². The summed E-state index contributed by atoms with van der Waals surface area (Å²) in [4.78, 5) is 38.9. The van der Waals surface area contributed by atoms with Crippen LogP contribution in [0.5, 0.6) is 0 Å². The van der Waals surface area contributed by atoms with Crippen LogP contribution in [0.1, 0.15) is 17.2 Å². The molecule has 7 heteroatoms. The first kappa shape index (κ1) is 20.5. The Morgan fingerprint density at radius 3 is 1.86 bits per heavy atom. The van der Waals surface area contributed by atoms with Crippen molar-refractivity contribution in [3.8, 4) is 0 Å². The van der Waals surface area contributed by atoms with Gasteiger partial charge in [-0.2, -0.15) is 0 Å². The van der Waals surface area contributed by atoms with Gasteiger partial charge in [0.2, 0.25) is 0 Å². The standard InChI is InChI=1S/C22H23NO6/c1-27-19(24)16-17(20(25)28-2)22(21(26)29-3,15-12-8-5-9-13-15)23-18(16)14-10-6-4-7-11-14/h4-13,16-18,23H,1-3H3/t16-,17-,18-,22-/m1/s1. The molecule has 4 atom stereocenters. The molecule has 1 aliphatic rings. The van der Waals surface area contributed by atoms with E-state index in [2.05, 4.69) is 5.32 Å². The normalized spacial score (nSPS) is 25.8. The van der Waals surface area contributed by atoms with Gasteiger partial charge in [-0.3, -0.25) is 14.9 Å². The maximum atomic E-state index is 13.2. The second-order valence-electron chi connectivity index (χ2n) is 6.75. The average Bonchev–Trinajstić information content (AvgIpc) is 3.16.